The van der Waals surface area contributed by atoms with Crippen molar-refractivity contribution in [2.45, 2.75) is 82.3 Å². The molecule has 2 fully saturated rings. The van der Waals surface area contributed by atoms with Crippen molar-refractivity contribution in [1.82, 2.24) is 24.8 Å². The Labute approximate surface area is 193 Å². The first kappa shape index (κ1) is 21.9. The number of hydrogen-bond acceptors (Lipinski definition) is 5. The van der Waals surface area contributed by atoms with E-state index in [2.05, 4.69) is 25.9 Å². The molecule has 3 N–H and O–H groups in total. The molecule has 0 aromatic carbocycles. The Morgan fingerprint density at radius 2 is 2.00 bits per heavy atom. The summed E-state index contributed by atoms with van der Waals surface area (Å²) in [5.74, 6) is 0.574. The fraction of sp³-hybridized carbons (Fsp3) is 0.600. The highest BCUT2D eigenvalue weighted by atomic mass is 16.3. The molecule has 1 amide bonds. The summed E-state index contributed by atoms with van der Waals surface area (Å²) >= 11 is 0. The van der Waals surface area contributed by atoms with E-state index in [-0.39, 0.29) is 18.5 Å². The quantitative estimate of drug-likeness (QED) is 0.501. The zero-order valence-electron chi connectivity index (χ0n) is 19.0. The Morgan fingerprint density at radius 3 is 2.73 bits per heavy atom. The summed E-state index contributed by atoms with van der Waals surface area (Å²) in [5, 5.41) is 24.1. The van der Waals surface area contributed by atoms with Crippen molar-refractivity contribution in [2.24, 2.45) is 5.92 Å². The van der Waals surface area contributed by atoms with Crippen molar-refractivity contribution < 1.29 is 9.90 Å². The molecule has 2 aliphatic carbocycles. The van der Waals surface area contributed by atoms with Crippen LogP contribution >= 0.6 is 0 Å². The first-order valence-corrected chi connectivity index (χ1v) is 12.3. The van der Waals surface area contributed by atoms with Gasteiger partial charge in [-0.2, -0.15) is 5.26 Å². The summed E-state index contributed by atoms with van der Waals surface area (Å²) < 4.78 is 2.10. The second-order valence-electron chi connectivity index (χ2n) is 9.90. The molecule has 0 saturated heterocycles. The molecule has 0 aliphatic heterocycles. The minimum Gasteiger partial charge on any atom is -0.388 e. The van der Waals surface area contributed by atoms with Gasteiger partial charge in [-0.1, -0.05) is 25.7 Å². The minimum absolute atomic E-state index is 0.146. The van der Waals surface area contributed by atoms with Crippen molar-refractivity contribution >= 4 is 28.0 Å². The number of pyridine rings is 1. The van der Waals surface area contributed by atoms with E-state index >= 15 is 0 Å². The third-order valence-electron chi connectivity index (χ3n) is 7.61. The maximum Gasteiger partial charge on any atom is 0.287 e. The summed E-state index contributed by atoms with van der Waals surface area (Å²) in [7, 11) is 0. The Hall–Kier alpha value is -2.92. The standard InChI is InChI=1S/C25H32N6O2/c26-13-9-17-5-7-18(8-6-17)31-21-19-10-14-27-22(19)28-15-20(21)30-23(31)24(32)29-16-25(33)11-3-1-2-4-12-25/h10,14-15,17-18,33H,1-9,11-12,16H2,(H,27,28)(H,29,32)/t17-,18-. The number of H-pyrrole nitrogens is 1. The lowest BCUT2D eigenvalue weighted by molar-refractivity contribution is 0.0244. The van der Waals surface area contributed by atoms with Crippen molar-refractivity contribution in [3.8, 4) is 6.07 Å². The zero-order valence-corrected chi connectivity index (χ0v) is 19.0. The number of aliphatic hydroxyl groups is 1. The summed E-state index contributed by atoms with van der Waals surface area (Å²) in [5.41, 5.74) is 1.58. The van der Waals surface area contributed by atoms with Crippen LogP contribution in [0.2, 0.25) is 0 Å². The Bertz CT molecular complexity index is 1170. The van der Waals surface area contributed by atoms with Crippen LogP contribution in [0.25, 0.3) is 22.1 Å². The number of aromatic nitrogens is 4. The number of nitrogens with zero attached hydrogens (tertiary/aromatic N) is 4. The van der Waals surface area contributed by atoms with Crippen LogP contribution in [0.15, 0.2) is 18.5 Å². The molecule has 5 rings (SSSR count). The van der Waals surface area contributed by atoms with Crippen LogP contribution in [0.1, 0.15) is 87.3 Å². The monoisotopic (exact) mass is 448 g/mol. The average Bonchev–Trinajstić information content (AvgIpc) is 3.39. The predicted molar refractivity (Wildman–Crippen MR) is 126 cm³/mol. The number of rotatable bonds is 5. The summed E-state index contributed by atoms with van der Waals surface area (Å²) in [4.78, 5) is 25.8. The van der Waals surface area contributed by atoms with E-state index in [9.17, 15) is 9.90 Å². The highest BCUT2D eigenvalue weighted by Gasteiger charge is 2.32. The molecule has 0 bridgehead atoms. The molecule has 8 nitrogen and oxygen atoms in total. The van der Waals surface area contributed by atoms with Crippen LogP contribution in [0, 0.1) is 17.2 Å². The number of hydrogen-bond donors (Lipinski definition) is 3. The molecule has 8 heteroatoms. The van der Waals surface area contributed by atoms with Crippen molar-refractivity contribution in [1.29, 1.82) is 5.26 Å². The number of nitrogens with one attached hydrogen (secondary N) is 2. The lowest BCUT2D eigenvalue weighted by Gasteiger charge is -2.30. The van der Waals surface area contributed by atoms with E-state index in [1.807, 2.05) is 12.3 Å². The van der Waals surface area contributed by atoms with Gasteiger partial charge in [-0.15, -0.1) is 0 Å². The van der Waals surface area contributed by atoms with Gasteiger partial charge in [0.2, 0.25) is 0 Å². The third kappa shape index (κ3) is 4.34. The van der Waals surface area contributed by atoms with Crippen LogP contribution in [0.4, 0.5) is 0 Å². The summed E-state index contributed by atoms with van der Waals surface area (Å²) in [6.45, 7) is 0.252. The molecule has 0 radical (unpaired) electrons. The van der Waals surface area contributed by atoms with Gasteiger partial charge in [0.15, 0.2) is 5.82 Å². The van der Waals surface area contributed by atoms with Gasteiger partial charge in [-0.05, 0) is 50.5 Å². The average molecular weight is 449 g/mol. The Kier molecular flexibility index (Phi) is 6.07. The number of nitriles is 1. The van der Waals surface area contributed by atoms with Crippen LogP contribution in [-0.4, -0.2) is 42.7 Å². The number of fused-ring (bicyclic) bond motifs is 3. The molecular formula is C25H32N6O2. The Morgan fingerprint density at radius 1 is 1.24 bits per heavy atom. The number of imidazole rings is 1. The molecule has 3 heterocycles. The fourth-order valence-electron chi connectivity index (χ4n) is 5.73. The summed E-state index contributed by atoms with van der Waals surface area (Å²) in [6.07, 6.45) is 13.7. The second kappa shape index (κ2) is 9.14. The Balaban J connectivity index is 1.47. The van der Waals surface area contributed by atoms with Gasteiger partial charge in [0.05, 0.1) is 23.4 Å². The van der Waals surface area contributed by atoms with E-state index < -0.39 is 5.60 Å². The molecule has 0 spiro atoms. The normalized spacial score (nSPS) is 23.3. The van der Waals surface area contributed by atoms with Gasteiger partial charge in [0, 0.05) is 30.6 Å². The van der Waals surface area contributed by atoms with Gasteiger partial charge in [-0.3, -0.25) is 4.79 Å². The van der Waals surface area contributed by atoms with Crippen LogP contribution in [-0.2, 0) is 0 Å². The number of amides is 1. The predicted octanol–water partition coefficient (Wildman–Crippen LogP) is 4.37. The molecular weight excluding hydrogens is 416 g/mol. The van der Waals surface area contributed by atoms with E-state index in [0.29, 0.717) is 23.7 Å². The van der Waals surface area contributed by atoms with Gasteiger partial charge < -0.3 is 20.0 Å². The smallest absolute Gasteiger partial charge is 0.287 e. The second-order valence-corrected chi connectivity index (χ2v) is 9.90. The van der Waals surface area contributed by atoms with E-state index in [0.717, 1.165) is 80.8 Å². The largest absolute Gasteiger partial charge is 0.388 e. The molecule has 3 aromatic heterocycles. The number of carbonyl (C=O) groups excluding carboxylic acids is 1. The van der Waals surface area contributed by atoms with Gasteiger partial charge in [0.1, 0.15) is 11.2 Å². The lowest BCUT2D eigenvalue weighted by atomic mass is 9.84. The van der Waals surface area contributed by atoms with E-state index in [1.54, 1.807) is 6.20 Å². The molecule has 174 valence electrons. The fourth-order valence-corrected chi connectivity index (χ4v) is 5.73. The zero-order chi connectivity index (χ0) is 22.8. The number of carbonyl (C=O) groups is 1. The van der Waals surface area contributed by atoms with Crippen LogP contribution in [0.5, 0.6) is 0 Å². The molecule has 2 aliphatic rings. The van der Waals surface area contributed by atoms with E-state index in [1.165, 1.54) is 0 Å². The van der Waals surface area contributed by atoms with Crippen molar-refractivity contribution in [3.63, 3.8) is 0 Å². The van der Waals surface area contributed by atoms with Crippen molar-refractivity contribution in [3.05, 3.63) is 24.3 Å². The van der Waals surface area contributed by atoms with E-state index in [4.69, 9.17) is 10.2 Å². The highest BCUT2D eigenvalue weighted by molar-refractivity contribution is 6.04. The number of aromatic amines is 1. The lowest BCUT2D eigenvalue weighted by Crippen LogP contribution is -2.43. The topological polar surface area (TPSA) is 120 Å². The maximum absolute atomic E-state index is 13.4. The summed E-state index contributed by atoms with van der Waals surface area (Å²) in [6, 6.07) is 4.44. The molecule has 0 unspecified atom stereocenters. The van der Waals surface area contributed by atoms with Crippen molar-refractivity contribution in [2.75, 3.05) is 6.54 Å². The molecule has 33 heavy (non-hydrogen) atoms. The van der Waals surface area contributed by atoms with Gasteiger partial charge in [0.25, 0.3) is 5.91 Å². The molecule has 2 saturated carbocycles. The minimum atomic E-state index is -0.839. The maximum atomic E-state index is 13.4. The molecule has 0 atom stereocenters. The van der Waals surface area contributed by atoms with Gasteiger partial charge in [-0.25, -0.2) is 9.97 Å². The van der Waals surface area contributed by atoms with Crippen LogP contribution < -0.4 is 5.32 Å². The SMILES string of the molecule is N#CC[C@H]1CC[C@H](n2c(C(=O)NCC3(O)CCCCCC3)nc3cnc4[nH]ccc4c32)CC1. The van der Waals surface area contributed by atoms with Crippen LogP contribution in [0.3, 0.4) is 0 Å². The first-order valence-electron chi connectivity index (χ1n) is 12.3. The first-order chi connectivity index (χ1) is 16.1. The molecule has 3 aromatic rings. The third-order valence-corrected chi connectivity index (χ3v) is 7.61. The highest BCUT2D eigenvalue weighted by Crippen LogP contribution is 2.38. The van der Waals surface area contributed by atoms with Gasteiger partial charge >= 0.3 is 0 Å².